The van der Waals surface area contributed by atoms with Crippen molar-refractivity contribution in [3.8, 4) is 0 Å². The van der Waals surface area contributed by atoms with Gasteiger partial charge in [-0.05, 0) is 17.7 Å². The van der Waals surface area contributed by atoms with E-state index in [-0.39, 0.29) is 5.91 Å². The maximum Gasteiger partial charge on any atom is 0.217 e. The van der Waals surface area contributed by atoms with Crippen molar-refractivity contribution in [3.63, 3.8) is 0 Å². The highest BCUT2D eigenvalue weighted by atomic mass is 35.5. The minimum Gasteiger partial charge on any atom is -0.352 e. The van der Waals surface area contributed by atoms with Crippen molar-refractivity contribution in [2.75, 3.05) is 0 Å². The molecule has 0 fully saturated rings. The molecule has 1 aromatic rings. The van der Waals surface area contributed by atoms with Gasteiger partial charge in [0.2, 0.25) is 5.91 Å². The number of hydrogen-bond donors (Lipinski definition) is 1. The van der Waals surface area contributed by atoms with E-state index in [2.05, 4.69) is 5.32 Å². The number of nitrogens with one attached hydrogen (secondary N) is 1. The van der Waals surface area contributed by atoms with Gasteiger partial charge in [0.05, 0.1) is 0 Å². The molecule has 0 atom stereocenters. The van der Waals surface area contributed by atoms with Gasteiger partial charge >= 0.3 is 0 Å². The molecule has 0 aliphatic heterocycles. The van der Waals surface area contributed by atoms with E-state index in [1.165, 1.54) is 6.92 Å². The van der Waals surface area contributed by atoms with Crippen molar-refractivity contribution in [1.29, 1.82) is 0 Å². The molecule has 1 aromatic carbocycles. The van der Waals surface area contributed by atoms with Crippen LogP contribution in [0.2, 0.25) is 5.02 Å². The fourth-order valence-electron chi connectivity index (χ4n) is 0.873. The highest BCUT2D eigenvalue weighted by Gasteiger charge is 1.94. The van der Waals surface area contributed by atoms with E-state index in [1.54, 1.807) is 6.07 Å². The average molecular weight is 214 g/mol. The Morgan fingerprint density at radius 2 is 2.07 bits per heavy atom. The van der Waals surface area contributed by atoms with Crippen molar-refractivity contribution in [2.24, 2.45) is 0 Å². The van der Waals surface area contributed by atoms with Crippen LogP contribution in [0.15, 0.2) is 24.3 Å². The van der Waals surface area contributed by atoms with E-state index in [9.17, 15) is 4.79 Å². The molecule has 0 heterocycles. The number of carbonyl (C=O) groups is 1. The largest absolute Gasteiger partial charge is 0.352 e. The third-order valence-electron chi connectivity index (χ3n) is 1.43. The Labute approximate surface area is 90.3 Å². The zero-order chi connectivity index (χ0) is 11.0. The zero-order valence-corrected chi connectivity index (χ0v) is 9.56. The molecule has 1 N–H and O–H groups in total. The lowest BCUT2D eigenvalue weighted by molar-refractivity contribution is -0.119. The first-order valence-corrected chi connectivity index (χ1v) is 5.05. The molecule has 0 saturated carbocycles. The van der Waals surface area contributed by atoms with Gasteiger partial charge in [-0.3, -0.25) is 4.79 Å². The van der Waals surface area contributed by atoms with Crippen LogP contribution in [0.1, 0.15) is 26.3 Å². The van der Waals surface area contributed by atoms with Gasteiger partial charge in [-0.25, -0.2) is 0 Å². The van der Waals surface area contributed by atoms with E-state index < -0.39 is 0 Å². The predicted octanol–water partition coefficient (Wildman–Crippen LogP) is 3.00. The first-order valence-electron chi connectivity index (χ1n) is 4.67. The zero-order valence-electron chi connectivity index (χ0n) is 8.80. The first-order chi connectivity index (χ1) is 6.68. The van der Waals surface area contributed by atoms with Crippen LogP contribution in [0.25, 0.3) is 0 Å². The molecule has 0 radical (unpaired) electrons. The molecule has 0 aliphatic rings. The fraction of sp³-hybridized carbons (Fsp3) is 0.364. The van der Waals surface area contributed by atoms with Crippen molar-refractivity contribution in [1.82, 2.24) is 5.32 Å². The SMILES string of the molecule is CC.CC(=O)NCc1cccc(Cl)c1. The maximum absolute atomic E-state index is 10.6. The summed E-state index contributed by atoms with van der Waals surface area (Å²) >= 11 is 5.75. The quantitative estimate of drug-likeness (QED) is 0.804. The van der Waals surface area contributed by atoms with Crippen LogP contribution >= 0.6 is 11.6 Å². The van der Waals surface area contributed by atoms with E-state index >= 15 is 0 Å². The highest BCUT2D eigenvalue weighted by molar-refractivity contribution is 6.30. The molecule has 0 unspecified atom stereocenters. The van der Waals surface area contributed by atoms with E-state index in [1.807, 2.05) is 32.0 Å². The van der Waals surface area contributed by atoms with Gasteiger partial charge in [-0.2, -0.15) is 0 Å². The molecule has 1 rings (SSSR count). The highest BCUT2D eigenvalue weighted by Crippen LogP contribution is 2.09. The molecule has 0 bridgehead atoms. The monoisotopic (exact) mass is 213 g/mol. The smallest absolute Gasteiger partial charge is 0.217 e. The first kappa shape index (κ1) is 13.0. The van der Waals surface area contributed by atoms with Crippen LogP contribution in [-0.2, 0) is 11.3 Å². The van der Waals surface area contributed by atoms with Crippen molar-refractivity contribution in [3.05, 3.63) is 34.9 Å². The second-order valence-electron chi connectivity index (χ2n) is 2.54. The van der Waals surface area contributed by atoms with E-state index in [4.69, 9.17) is 11.6 Å². The molecule has 0 spiro atoms. The standard InChI is InChI=1S/C9H10ClNO.C2H6/c1-7(12)11-6-8-3-2-4-9(10)5-8;1-2/h2-5H,6H2,1H3,(H,11,12);1-2H3. The minimum absolute atomic E-state index is 0.0324. The average Bonchev–Trinajstić information content (AvgIpc) is 2.18. The van der Waals surface area contributed by atoms with Gasteiger partial charge in [0, 0.05) is 18.5 Å². The van der Waals surface area contributed by atoms with Crippen LogP contribution in [-0.4, -0.2) is 5.91 Å². The number of hydrogen-bond acceptors (Lipinski definition) is 1. The van der Waals surface area contributed by atoms with Gasteiger partial charge in [-0.15, -0.1) is 0 Å². The van der Waals surface area contributed by atoms with Gasteiger partial charge < -0.3 is 5.32 Å². The second-order valence-corrected chi connectivity index (χ2v) is 2.98. The number of carbonyl (C=O) groups excluding carboxylic acids is 1. The number of rotatable bonds is 2. The van der Waals surface area contributed by atoms with Crippen molar-refractivity contribution >= 4 is 17.5 Å². The Hall–Kier alpha value is -1.02. The Balaban J connectivity index is 0.000000791. The van der Waals surface area contributed by atoms with Crippen molar-refractivity contribution < 1.29 is 4.79 Å². The summed E-state index contributed by atoms with van der Waals surface area (Å²) < 4.78 is 0. The third kappa shape index (κ3) is 5.60. The van der Waals surface area contributed by atoms with Crippen LogP contribution in [0, 0.1) is 0 Å². The van der Waals surface area contributed by atoms with Crippen molar-refractivity contribution in [2.45, 2.75) is 27.3 Å². The van der Waals surface area contributed by atoms with Crippen LogP contribution in [0.3, 0.4) is 0 Å². The molecule has 0 aliphatic carbocycles. The van der Waals surface area contributed by atoms with E-state index in [0.717, 1.165) is 5.56 Å². The topological polar surface area (TPSA) is 29.1 Å². The van der Waals surface area contributed by atoms with Crippen LogP contribution in [0.5, 0.6) is 0 Å². The lowest BCUT2D eigenvalue weighted by Gasteiger charge is -2.01. The number of halogens is 1. The summed E-state index contributed by atoms with van der Waals surface area (Å²) in [7, 11) is 0. The number of benzene rings is 1. The van der Waals surface area contributed by atoms with Gasteiger partial charge in [0.25, 0.3) is 0 Å². The Morgan fingerprint density at radius 3 is 2.57 bits per heavy atom. The lowest BCUT2D eigenvalue weighted by Crippen LogP contribution is -2.18. The summed E-state index contributed by atoms with van der Waals surface area (Å²) in [5.41, 5.74) is 1.01. The fourth-order valence-corrected chi connectivity index (χ4v) is 1.09. The molecule has 3 heteroatoms. The van der Waals surface area contributed by atoms with Crippen LogP contribution < -0.4 is 5.32 Å². The predicted molar refractivity (Wildman–Crippen MR) is 60.3 cm³/mol. The lowest BCUT2D eigenvalue weighted by atomic mass is 10.2. The molecule has 2 nitrogen and oxygen atoms in total. The van der Waals surface area contributed by atoms with Gasteiger partial charge in [-0.1, -0.05) is 37.6 Å². The molecule has 14 heavy (non-hydrogen) atoms. The third-order valence-corrected chi connectivity index (χ3v) is 1.67. The van der Waals surface area contributed by atoms with Crippen LogP contribution in [0.4, 0.5) is 0 Å². The summed E-state index contributed by atoms with van der Waals surface area (Å²) in [6.45, 7) is 6.03. The molecule has 0 aromatic heterocycles. The number of amides is 1. The summed E-state index contributed by atoms with van der Waals surface area (Å²) in [5, 5.41) is 3.38. The normalized spacial score (nSPS) is 8.57. The van der Waals surface area contributed by atoms with E-state index in [0.29, 0.717) is 11.6 Å². The van der Waals surface area contributed by atoms with Gasteiger partial charge in [0.1, 0.15) is 0 Å². The summed E-state index contributed by atoms with van der Waals surface area (Å²) in [5.74, 6) is -0.0324. The molecule has 0 saturated heterocycles. The molecule has 1 amide bonds. The Kier molecular flexibility index (Phi) is 6.85. The molecule has 78 valence electrons. The Bertz CT molecular complexity index is 286. The van der Waals surface area contributed by atoms with Gasteiger partial charge in [0.15, 0.2) is 0 Å². The summed E-state index contributed by atoms with van der Waals surface area (Å²) in [6.07, 6.45) is 0. The molecular weight excluding hydrogens is 198 g/mol. The summed E-state index contributed by atoms with van der Waals surface area (Å²) in [4.78, 5) is 10.6. The summed E-state index contributed by atoms with van der Waals surface area (Å²) in [6, 6.07) is 7.41. The minimum atomic E-state index is -0.0324. The Morgan fingerprint density at radius 1 is 1.43 bits per heavy atom. The maximum atomic E-state index is 10.6. The second kappa shape index (κ2) is 7.39. The molecular formula is C11H16ClNO.